The van der Waals surface area contributed by atoms with Crippen molar-refractivity contribution in [1.29, 1.82) is 5.41 Å². The molecule has 110 valence electrons. The predicted molar refractivity (Wildman–Crippen MR) is 99.1 cm³/mol. The lowest BCUT2D eigenvalue weighted by Gasteiger charge is -1.99. The van der Waals surface area contributed by atoms with E-state index in [1.54, 1.807) is 24.3 Å². The van der Waals surface area contributed by atoms with Gasteiger partial charge in [-0.2, -0.15) is 0 Å². The third-order valence-electron chi connectivity index (χ3n) is 2.40. The standard InChI is InChI=1S/C8H8ClNS.C7H6ClNS/c1-11-8(10)6-3-2-4-7(9)5-6;8-6-3-1-2-5(4-6)7(9)10/h2-5,10H,1H3;1-4H,(H2,9,10). The van der Waals surface area contributed by atoms with E-state index in [1.165, 1.54) is 11.8 Å². The fourth-order valence-electron chi connectivity index (χ4n) is 1.39. The smallest absolute Gasteiger partial charge is 0.104 e. The minimum Gasteiger partial charge on any atom is -0.389 e. The summed E-state index contributed by atoms with van der Waals surface area (Å²) in [6, 6.07) is 14.5. The molecule has 3 N–H and O–H groups in total. The van der Waals surface area contributed by atoms with E-state index < -0.39 is 0 Å². The molecule has 0 radical (unpaired) electrons. The van der Waals surface area contributed by atoms with Gasteiger partial charge in [0.1, 0.15) is 4.99 Å². The van der Waals surface area contributed by atoms with Crippen LogP contribution in [0.4, 0.5) is 0 Å². The summed E-state index contributed by atoms with van der Waals surface area (Å²) in [5.41, 5.74) is 7.04. The molecule has 0 aliphatic carbocycles. The van der Waals surface area contributed by atoms with E-state index >= 15 is 0 Å². The van der Waals surface area contributed by atoms with E-state index in [1.807, 2.05) is 30.5 Å². The molecule has 2 rings (SSSR count). The van der Waals surface area contributed by atoms with Gasteiger partial charge in [0, 0.05) is 21.2 Å². The number of nitrogens with one attached hydrogen (secondary N) is 1. The normalized spacial score (nSPS) is 9.48. The Kier molecular flexibility index (Phi) is 7.75. The van der Waals surface area contributed by atoms with Crippen molar-refractivity contribution in [3.63, 3.8) is 0 Å². The van der Waals surface area contributed by atoms with Crippen molar-refractivity contribution in [2.24, 2.45) is 5.73 Å². The van der Waals surface area contributed by atoms with Gasteiger partial charge in [-0.1, -0.05) is 59.7 Å². The van der Waals surface area contributed by atoms with Crippen LogP contribution in [0.3, 0.4) is 0 Å². The summed E-state index contributed by atoms with van der Waals surface area (Å²) in [7, 11) is 0. The summed E-state index contributed by atoms with van der Waals surface area (Å²) in [6.07, 6.45) is 1.88. The zero-order chi connectivity index (χ0) is 15.8. The lowest BCUT2D eigenvalue weighted by atomic mass is 10.2. The summed E-state index contributed by atoms with van der Waals surface area (Å²) < 4.78 is 0. The maximum Gasteiger partial charge on any atom is 0.104 e. The molecule has 0 aliphatic rings. The summed E-state index contributed by atoms with van der Waals surface area (Å²) in [5, 5.41) is 9.37. The Morgan fingerprint density at radius 1 is 1.05 bits per heavy atom. The lowest BCUT2D eigenvalue weighted by molar-refractivity contribution is 1.53. The van der Waals surface area contributed by atoms with Crippen LogP contribution in [0.1, 0.15) is 11.1 Å². The van der Waals surface area contributed by atoms with Gasteiger partial charge in [0.2, 0.25) is 0 Å². The molecule has 0 aromatic heterocycles. The Balaban J connectivity index is 0.000000211. The number of benzene rings is 2. The highest BCUT2D eigenvalue weighted by atomic mass is 35.5. The van der Waals surface area contributed by atoms with Gasteiger partial charge >= 0.3 is 0 Å². The molecular formula is C15H14Cl2N2S2. The van der Waals surface area contributed by atoms with E-state index in [4.69, 9.17) is 46.6 Å². The van der Waals surface area contributed by atoms with E-state index in [0.717, 1.165) is 11.1 Å². The van der Waals surface area contributed by atoms with E-state index in [-0.39, 0.29) is 0 Å². The predicted octanol–water partition coefficient (Wildman–Crippen LogP) is 5.00. The molecule has 2 nitrogen and oxygen atoms in total. The fourth-order valence-corrected chi connectivity index (χ4v) is 2.26. The Morgan fingerprint density at radius 2 is 1.52 bits per heavy atom. The van der Waals surface area contributed by atoms with Crippen molar-refractivity contribution in [3.8, 4) is 0 Å². The van der Waals surface area contributed by atoms with Crippen LogP contribution in [0.15, 0.2) is 48.5 Å². The van der Waals surface area contributed by atoms with Gasteiger partial charge in [0.05, 0.1) is 5.04 Å². The maximum atomic E-state index is 7.48. The molecule has 0 heterocycles. The van der Waals surface area contributed by atoms with Gasteiger partial charge in [0.25, 0.3) is 0 Å². The third kappa shape index (κ3) is 6.48. The number of hydrogen-bond donors (Lipinski definition) is 2. The van der Waals surface area contributed by atoms with Crippen molar-refractivity contribution >= 4 is 57.2 Å². The SMILES string of the molecule is CSC(=N)c1cccc(Cl)c1.NC(=S)c1cccc(Cl)c1. The third-order valence-corrected chi connectivity index (χ3v) is 3.75. The van der Waals surface area contributed by atoms with Crippen molar-refractivity contribution < 1.29 is 0 Å². The monoisotopic (exact) mass is 356 g/mol. The molecule has 0 saturated carbocycles. The average Bonchev–Trinajstić information content (AvgIpc) is 2.47. The first kappa shape index (κ1) is 18.0. The first-order chi connectivity index (χ1) is 9.93. The van der Waals surface area contributed by atoms with Crippen molar-refractivity contribution in [2.75, 3.05) is 6.26 Å². The molecule has 0 saturated heterocycles. The maximum absolute atomic E-state index is 7.48. The highest BCUT2D eigenvalue weighted by Crippen LogP contribution is 2.14. The molecule has 2 aromatic carbocycles. The summed E-state index contributed by atoms with van der Waals surface area (Å²) >= 11 is 17.6. The quantitative estimate of drug-likeness (QED) is 0.452. The number of rotatable bonds is 2. The van der Waals surface area contributed by atoms with Gasteiger partial charge in [-0.25, -0.2) is 0 Å². The van der Waals surface area contributed by atoms with Crippen LogP contribution in [-0.2, 0) is 0 Å². The van der Waals surface area contributed by atoms with E-state index in [2.05, 4.69) is 0 Å². The minimum atomic E-state index is 0.377. The second-order valence-electron chi connectivity index (χ2n) is 3.92. The minimum absolute atomic E-state index is 0.377. The highest BCUT2D eigenvalue weighted by molar-refractivity contribution is 8.13. The topological polar surface area (TPSA) is 49.9 Å². The van der Waals surface area contributed by atoms with Crippen molar-refractivity contribution in [3.05, 3.63) is 69.7 Å². The van der Waals surface area contributed by atoms with Crippen molar-refractivity contribution in [1.82, 2.24) is 0 Å². The summed E-state index contributed by atoms with van der Waals surface area (Å²) in [6.45, 7) is 0. The van der Waals surface area contributed by atoms with Gasteiger partial charge in [-0.15, -0.1) is 11.8 Å². The lowest BCUT2D eigenvalue weighted by Crippen LogP contribution is -2.08. The number of thiocarbonyl (C=S) groups is 1. The Morgan fingerprint density at radius 3 is 1.90 bits per heavy atom. The number of hydrogen-bond acceptors (Lipinski definition) is 3. The Hall–Kier alpha value is -1.07. The molecule has 0 amide bonds. The molecule has 21 heavy (non-hydrogen) atoms. The highest BCUT2D eigenvalue weighted by Gasteiger charge is 1.98. The first-order valence-corrected chi connectivity index (χ1v) is 8.26. The molecule has 2 aromatic rings. The molecular weight excluding hydrogens is 343 g/mol. The van der Waals surface area contributed by atoms with Crippen molar-refractivity contribution in [2.45, 2.75) is 0 Å². The Labute approximate surface area is 144 Å². The zero-order valence-corrected chi connectivity index (χ0v) is 14.4. The molecule has 0 spiro atoms. The molecule has 0 aliphatic heterocycles. The van der Waals surface area contributed by atoms with Crippen LogP contribution < -0.4 is 5.73 Å². The van der Waals surface area contributed by atoms with E-state index in [0.29, 0.717) is 20.1 Å². The molecule has 6 heteroatoms. The fraction of sp³-hybridized carbons (Fsp3) is 0.0667. The largest absolute Gasteiger partial charge is 0.389 e. The zero-order valence-electron chi connectivity index (χ0n) is 11.3. The second-order valence-corrected chi connectivity index (χ2v) is 6.05. The molecule has 0 fully saturated rings. The number of thioether (sulfide) groups is 1. The summed E-state index contributed by atoms with van der Waals surface area (Å²) in [4.78, 5) is 0.377. The molecule has 0 bridgehead atoms. The first-order valence-electron chi connectivity index (χ1n) is 5.88. The number of nitrogens with two attached hydrogens (primary N) is 1. The van der Waals surface area contributed by atoms with Crippen LogP contribution in [0.2, 0.25) is 10.0 Å². The van der Waals surface area contributed by atoms with Gasteiger partial charge in [-0.05, 0) is 30.5 Å². The van der Waals surface area contributed by atoms with Crippen LogP contribution in [0, 0.1) is 5.41 Å². The molecule has 0 unspecified atom stereocenters. The Bertz CT molecular complexity index is 645. The van der Waals surface area contributed by atoms with E-state index in [9.17, 15) is 0 Å². The van der Waals surface area contributed by atoms with Crippen LogP contribution >= 0.6 is 47.2 Å². The molecule has 0 atom stereocenters. The van der Waals surface area contributed by atoms with Crippen LogP contribution in [0.5, 0.6) is 0 Å². The summed E-state index contributed by atoms with van der Waals surface area (Å²) in [5.74, 6) is 0. The van der Waals surface area contributed by atoms with Crippen LogP contribution in [-0.4, -0.2) is 16.3 Å². The average molecular weight is 357 g/mol. The number of halogens is 2. The van der Waals surface area contributed by atoms with Crippen LogP contribution in [0.25, 0.3) is 0 Å². The van der Waals surface area contributed by atoms with Gasteiger partial charge < -0.3 is 5.73 Å². The van der Waals surface area contributed by atoms with Gasteiger partial charge in [0.15, 0.2) is 0 Å². The second kappa shape index (κ2) is 9.05. The van der Waals surface area contributed by atoms with Gasteiger partial charge in [-0.3, -0.25) is 5.41 Å².